The van der Waals surface area contributed by atoms with E-state index in [2.05, 4.69) is 0 Å². The second kappa shape index (κ2) is 8.11. The Morgan fingerprint density at radius 2 is 2.04 bits per heavy atom. The van der Waals surface area contributed by atoms with Crippen LogP contribution in [0.15, 0.2) is 24.3 Å². The number of aliphatic hydroxyl groups excluding tert-OH is 1. The first-order chi connectivity index (χ1) is 11.1. The molecule has 0 bridgehead atoms. The van der Waals surface area contributed by atoms with Gasteiger partial charge < -0.3 is 14.9 Å². The summed E-state index contributed by atoms with van der Waals surface area (Å²) in [6.07, 6.45) is 3.63. The molecule has 0 aliphatic carbocycles. The molecule has 23 heavy (non-hydrogen) atoms. The summed E-state index contributed by atoms with van der Waals surface area (Å²) in [5.41, 5.74) is 1.08. The third-order valence-corrected chi connectivity index (χ3v) is 4.53. The largest absolute Gasteiger partial charge is 0.396 e. The molecule has 1 saturated heterocycles. The number of nitrogens with zero attached hydrogens (tertiary/aromatic N) is 2. The molecule has 1 aliphatic heterocycles. The van der Waals surface area contributed by atoms with Gasteiger partial charge in [0.1, 0.15) is 0 Å². The maximum Gasteiger partial charge on any atom is 0.254 e. The second-order valence-electron chi connectivity index (χ2n) is 6.06. The first-order valence-electron chi connectivity index (χ1n) is 8.35. The Hall–Kier alpha value is -1.88. The van der Waals surface area contributed by atoms with Crippen LogP contribution in [-0.2, 0) is 0 Å². The van der Waals surface area contributed by atoms with Crippen LogP contribution in [0, 0.1) is 0 Å². The van der Waals surface area contributed by atoms with E-state index in [1.165, 1.54) is 0 Å². The fourth-order valence-electron chi connectivity index (χ4n) is 3.03. The Labute approximate surface area is 137 Å². The van der Waals surface area contributed by atoms with Gasteiger partial charge in [-0.1, -0.05) is 6.07 Å². The molecule has 126 valence electrons. The number of hydrogen-bond acceptors (Lipinski definition) is 3. The lowest BCUT2D eigenvalue weighted by Gasteiger charge is -2.35. The zero-order valence-electron chi connectivity index (χ0n) is 14.0. The van der Waals surface area contributed by atoms with Crippen LogP contribution in [0.25, 0.3) is 0 Å². The summed E-state index contributed by atoms with van der Waals surface area (Å²) in [5, 5.41) is 9.21. The summed E-state index contributed by atoms with van der Waals surface area (Å²) < 4.78 is 0. The monoisotopic (exact) mass is 318 g/mol. The minimum Gasteiger partial charge on any atom is -0.396 e. The highest BCUT2D eigenvalue weighted by atomic mass is 16.3. The van der Waals surface area contributed by atoms with Gasteiger partial charge in [-0.15, -0.1) is 0 Å². The van der Waals surface area contributed by atoms with Crippen LogP contribution in [0.2, 0.25) is 0 Å². The number of hydrogen-bond donors (Lipinski definition) is 1. The van der Waals surface area contributed by atoms with E-state index in [0.717, 1.165) is 25.8 Å². The van der Waals surface area contributed by atoms with Crippen molar-refractivity contribution in [2.75, 3.05) is 26.7 Å². The zero-order valence-corrected chi connectivity index (χ0v) is 14.0. The number of amides is 2. The van der Waals surface area contributed by atoms with Gasteiger partial charge in [-0.3, -0.25) is 9.59 Å². The van der Waals surface area contributed by atoms with Crippen molar-refractivity contribution in [1.29, 1.82) is 0 Å². The maximum absolute atomic E-state index is 12.8. The molecule has 0 saturated carbocycles. The lowest BCUT2D eigenvalue weighted by Crippen LogP contribution is -2.44. The summed E-state index contributed by atoms with van der Waals surface area (Å²) in [4.78, 5) is 28.6. The van der Waals surface area contributed by atoms with E-state index < -0.39 is 0 Å². The van der Waals surface area contributed by atoms with Gasteiger partial charge in [-0.05, 0) is 50.8 Å². The summed E-state index contributed by atoms with van der Waals surface area (Å²) in [6, 6.07) is 7.04. The molecule has 1 aliphatic rings. The Kier molecular flexibility index (Phi) is 6.16. The van der Waals surface area contributed by atoms with Gasteiger partial charge in [-0.25, -0.2) is 0 Å². The molecular weight excluding hydrogens is 292 g/mol. The molecule has 1 heterocycles. The van der Waals surface area contributed by atoms with Crippen LogP contribution in [0.1, 0.15) is 53.3 Å². The van der Waals surface area contributed by atoms with Gasteiger partial charge >= 0.3 is 0 Å². The molecule has 1 aromatic carbocycles. The molecule has 0 spiro atoms. The zero-order chi connectivity index (χ0) is 16.8. The van der Waals surface area contributed by atoms with Crippen molar-refractivity contribution in [1.82, 2.24) is 9.80 Å². The molecule has 0 radical (unpaired) electrons. The Balaban J connectivity index is 2.20. The van der Waals surface area contributed by atoms with Crippen LogP contribution in [-0.4, -0.2) is 59.5 Å². The van der Waals surface area contributed by atoms with Crippen molar-refractivity contribution in [3.63, 3.8) is 0 Å². The lowest BCUT2D eigenvalue weighted by molar-refractivity contribution is 0.0574. The molecule has 2 amide bonds. The van der Waals surface area contributed by atoms with Crippen molar-refractivity contribution < 1.29 is 14.7 Å². The van der Waals surface area contributed by atoms with E-state index in [0.29, 0.717) is 24.1 Å². The Morgan fingerprint density at radius 1 is 1.30 bits per heavy atom. The van der Waals surface area contributed by atoms with Gasteiger partial charge in [0, 0.05) is 43.9 Å². The van der Waals surface area contributed by atoms with Crippen molar-refractivity contribution >= 4 is 11.8 Å². The number of carbonyl (C=O) groups is 2. The number of benzene rings is 1. The van der Waals surface area contributed by atoms with Crippen molar-refractivity contribution in [3.8, 4) is 0 Å². The van der Waals surface area contributed by atoms with E-state index >= 15 is 0 Å². The van der Waals surface area contributed by atoms with E-state index in [4.69, 9.17) is 0 Å². The molecule has 1 unspecified atom stereocenters. The molecular formula is C18H26N2O3. The normalized spacial score (nSPS) is 17.9. The van der Waals surface area contributed by atoms with Gasteiger partial charge in [0.05, 0.1) is 0 Å². The molecule has 5 heteroatoms. The molecule has 1 fully saturated rings. The quantitative estimate of drug-likeness (QED) is 0.905. The van der Waals surface area contributed by atoms with Crippen LogP contribution >= 0.6 is 0 Å². The van der Waals surface area contributed by atoms with E-state index in [1.807, 2.05) is 11.8 Å². The predicted octanol–water partition coefficient (Wildman–Crippen LogP) is 2.16. The highest BCUT2D eigenvalue weighted by Gasteiger charge is 2.27. The van der Waals surface area contributed by atoms with Crippen molar-refractivity contribution in [2.45, 2.75) is 38.6 Å². The average Bonchev–Trinajstić information content (AvgIpc) is 2.60. The highest BCUT2D eigenvalue weighted by Crippen LogP contribution is 2.22. The summed E-state index contributed by atoms with van der Waals surface area (Å²) in [7, 11) is 1.75. The molecule has 2 rings (SSSR count). The van der Waals surface area contributed by atoms with Crippen LogP contribution < -0.4 is 0 Å². The van der Waals surface area contributed by atoms with Crippen LogP contribution in [0.4, 0.5) is 0 Å². The number of aliphatic hydroxyl groups is 1. The minimum atomic E-state index is -0.0762. The van der Waals surface area contributed by atoms with E-state index in [-0.39, 0.29) is 24.5 Å². The lowest BCUT2D eigenvalue weighted by atomic mass is 9.98. The standard InChI is InChI=1S/C18H26N2O3/c1-3-19(2)17(22)14-7-6-8-15(13-14)18(23)20-11-5-4-9-16(20)10-12-21/h6-8,13,16,21H,3-5,9-12H2,1-2H3. The van der Waals surface area contributed by atoms with E-state index in [1.54, 1.807) is 36.2 Å². The third kappa shape index (κ3) is 4.10. The SMILES string of the molecule is CCN(C)C(=O)c1cccc(C(=O)N2CCCCC2CCO)c1. The average molecular weight is 318 g/mol. The summed E-state index contributed by atoms with van der Waals surface area (Å²) in [5.74, 6) is -0.121. The molecule has 1 N–H and O–H groups in total. The summed E-state index contributed by atoms with van der Waals surface area (Å²) in [6.45, 7) is 3.35. The van der Waals surface area contributed by atoms with Crippen LogP contribution in [0.3, 0.4) is 0 Å². The summed E-state index contributed by atoms with van der Waals surface area (Å²) >= 11 is 0. The second-order valence-corrected chi connectivity index (χ2v) is 6.06. The third-order valence-electron chi connectivity index (χ3n) is 4.53. The predicted molar refractivity (Wildman–Crippen MR) is 89.5 cm³/mol. The maximum atomic E-state index is 12.8. The number of piperidine rings is 1. The topological polar surface area (TPSA) is 60.9 Å². The van der Waals surface area contributed by atoms with Gasteiger partial charge in [-0.2, -0.15) is 0 Å². The fraction of sp³-hybridized carbons (Fsp3) is 0.556. The number of rotatable bonds is 5. The van der Waals surface area contributed by atoms with Gasteiger partial charge in [0.25, 0.3) is 11.8 Å². The first kappa shape index (κ1) is 17.5. The Morgan fingerprint density at radius 3 is 2.74 bits per heavy atom. The molecule has 0 aromatic heterocycles. The van der Waals surface area contributed by atoms with Crippen LogP contribution in [0.5, 0.6) is 0 Å². The molecule has 1 aromatic rings. The minimum absolute atomic E-state index is 0.0445. The van der Waals surface area contributed by atoms with Gasteiger partial charge in [0.2, 0.25) is 0 Å². The van der Waals surface area contributed by atoms with Gasteiger partial charge in [0.15, 0.2) is 0 Å². The first-order valence-corrected chi connectivity index (χ1v) is 8.35. The fourth-order valence-corrected chi connectivity index (χ4v) is 3.03. The molecule has 1 atom stereocenters. The van der Waals surface area contributed by atoms with Crippen molar-refractivity contribution in [3.05, 3.63) is 35.4 Å². The number of carbonyl (C=O) groups excluding carboxylic acids is 2. The number of likely N-dealkylation sites (tertiary alicyclic amines) is 1. The smallest absolute Gasteiger partial charge is 0.254 e. The molecule has 5 nitrogen and oxygen atoms in total. The van der Waals surface area contributed by atoms with Crippen molar-refractivity contribution in [2.24, 2.45) is 0 Å². The van der Waals surface area contributed by atoms with E-state index in [9.17, 15) is 14.7 Å². The Bertz CT molecular complexity index is 557. The highest BCUT2D eigenvalue weighted by molar-refractivity contribution is 5.99.